The van der Waals surface area contributed by atoms with Crippen LogP contribution in [0.25, 0.3) is 0 Å². The maximum absolute atomic E-state index is 6.10. The van der Waals surface area contributed by atoms with E-state index in [4.69, 9.17) is 17.3 Å². The molecule has 1 rings (SSSR count). The molecule has 2 heteroatoms. The van der Waals surface area contributed by atoms with Crippen LogP contribution in [0.5, 0.6) is 0 Å². The molecule has 0 atom stereocenters. The van der Waals surface area contributed by atoms with Crippen LogP contribution in [0.15, 0.2) is 12.1 Å². The van der Waals surface area contributed by atoms with Crippen molar-refractivity contribution in [1.82, 2.24) is 0 Å². The van der Waals surface area contributed by atoms with Gasteiger partial charge in [0.25, 0.3) is 0 Å². The van der Waals surface area contributed by atoms with Crippen molar-refractivity contribution in [3.8, 4) is 0 Å². The van der Waals surface area contributed by atoms with Gasteiger partial charge in [0.05, 0.1) is 0 Å². The lowest BCUT2D eigenvalue weighted by atomic mass is 9.93. The van der Waals surface area contributed by atoms with Crippen molar-refractivity contribution in [3.05, 3.63) is 28.3 Å². The fraction of sp³-hybridized carbons (Fsp3) is 0.500. The van der Waals surface area contributed by atoms with Gasteiger partial charge in [-0.15, -0.1) is 0 Å². The summed E-state index contributed by atoms with van der Waals surface area (Å²) >= 11 is 6.05. The molecule has 78 valence electrons. The number of nitrogen functional groups attached to an aromatic ring is 1. The van der Waals surface area contributed by atoms with Gasteiger partial charge in [-0.3, -0.25) is 0 Å². The molecule has 2 N–H and O–H groups in total. The average molecular weight is 212 g/mol. The van der Waals surface area contributed by atoms with Gasteiger partial charge in [-0.1, -0.05) is 39.3 Å². The van der Waals surface area contributed by atoms with Gasteiger partial charge in [-0.2, -0.15) is 0 Å². The fourth-order valence-electron chi connectivity index (χ4n) is 1.62. The minimum absolute atomic E-state index is 0.422. The van der Waals surface area contributed by atoms with Crippen molar-refractivity contribution < 1.29 is 0 Å². The summed E-state index contributed by atoms with van der Waals surface area (Å²) < 4.78 is 0. The highest BCUT2D eigenvalue weighted by molar-refractivity contribution is 6.30. The number of benzene rings is 1. The predicted molar refractivity (Wildman–Crippen MR) is 64.0 cm³/mol. The number of rotatable bonds is 2. The molecule has 0 heterocycles. The zero-order valence-corrected chi connectivity index (χ0v) is 10.0. The van der Waals surface area contributed by atoms with E-state index in [0.717, 1.165) is 21.8 Å². The molecule has 0 unspecified atom stereocenters. The molecule has 0 saturated heterocycles. The molecule has 0 bridgehead atoms. The van der Waals surface area contributed by atoms with Crippen LogP contribution >= 0.6 is 11.6 Å². The fourth-order valence-corrected chi connectivity index (χ4v) is 1.85. The summed E-state index contributed by atoms with van der Waals surface area (Å²) in [6, 6.07) is 3.93. The van der Waals surface area contributed by atoms with E-state index in [1.54, 1.807) is 0 Å². The van der Waals surface area contributed by atoms with E-state index in [-0.39, 0.29) is 0 Å². The quantitative estimate of drug-likeness (QED) is 0.731. The predicted octanol–water partition coefficient (Wildman–Crippen LogP) is 4.17. The van der Waals surface area contributed by atoms with Gasteiger partial charge in [0.1, 0.15) is 0 Å². The van der Waals surface area contributed by atoms with Crippen LogP contribution in [0.1, 0.15) is 50.7 Å². The van der Waals surface area contributed by atoms with Gasteiger partial charge in [0.2, 0.25) is 0 Å². The van der Waals surface area contributed by atoms with Crippen molar-refractivity contribution >= 4 is 17.3 Å². The Kier molecular flexibility index (Phi) is 3.43. The van der Waals surface area contributed by atoms with Gasteiger partial charge < -0.3 is 5.73 Å². The third-order valence-electron chi connectivity index (χ3n) is 2.45. The Morgan fingerprint density at radius 3 is 1.64 bits per heavy atom. The molecule has 0 aliphatic rings. The second kappa shape index (κ2) is 4.22. The molecule has 0 aliphatic carbocycles. The van der Waals surface area contributed by atoms with Crippen LogP contribution in [0, 0.1) is 0 Å². The number of hydrogen-bond acceptors (Lipinski definition) is 1. The van der Waals surface area contributed by atoms with Crippen molar-refractivity contribution in [3.63, 3.8) is 0 Å². The first-order valence-electron chi connectivity index (χ1n) is 5.02. The lowest BCUT2D eigenvalue weighted by Gasteiger charge is -2.16. The maximum atomic E-state index is 6.10. The molecule has 1 nitrogen and oxygen atoms in total. The van der Waals surface area contributed by atoms with Crippen LogP contribution in [0.4, 0.5) is 5.69 Å². The Bertz CT molecular complexity index is 300. The third kappa shape index (κ3) is 2.21. The molecule has 0 aliphatic heterocycles. The first-order valence-corrected chi connectivity index (χ1v) is 5.40. The Balaban J connectivity index is 3.32. The van der Waals surface area contributed by atoms with Crippen LogP contribution in [0.2, 0.25) is 5.02 Å². The van der Waals surface area contributed by atoms with Crippen molar-refractivity contribution in [2.24, 2.45) is 0 Å². The molecule has 1 aromatic rings. The van der Waals surface area contributed by atoms with Crippen LogP contribution in [-0.4, -0.2) is 0 Å². The maximum Gasteiger partial charge on any atom is 0.0413 e. The lowest BCUT2D eigenvalue weighted by Crippen LogP contribution is -2.02. The highest BCUT2D eigenvalue weighted by atomic mass is 35.5. The summed E-state index contributed by atoms with van der Waals surface area (Å²) in [6.45, 7) is 8.52. The molecule has 1 aromatic carbocycles. The van der Waals surface area contributed by atoms with Crippen LogP contribution < -0.4 is 5.73 Å². The normalized spacial score (nSPS) is 11.4. The minimum atomic E-state index is 0.422. The Morgan fingerprint density at radius 2 is 1.36 bits per heavy atom. The van der Waals surface area contributed by atoms with E-state index in [1.807, 2.05) is 12.1 Å². The molecule has 0 saturated carbocycles. The standard InChI is InChI=1S/C12H18ClN/c1-7(2)10-5-9(13)6-11(8(3)4)12(10)14/h5-8H,14H2,1-4H3. The second-order valence-electron chi connectivity index (χ2n) is 4.31. The minimum Gasteiger partial charge on any atom is -0.398 e. The monoisotopic (exact) mass is 211 g/mol. The highest BCUT2D eigenvalue weighted by Gasteiger charge is 2.12. The first-order chi connectivity index (χ1) is 6.43. The van der Waals surface area contributed by atoms with E-state index in [2.05, 4.69) is 27.7 Å². The summed E-state index contributed by atoms with van der Waals surface area (Å²) in [4.78, 5) is 0. The smallest absolute Gasteiger partial charge is 0.0413 e. The van der Waals surface area contributed by atoms with E-state index in [9.17, 15) is 0 Å². The molecule has 14 heavy (non-hydrogen) atoms. The first kappa shape index (κ1) is 11.4. The number of hydrogen-bond donors (Lipinski definition) is 1. The van der Waals surface area contributed by atoms with E-state index in [1.165, 1.54) is 0 Å². The molecular weight excluding hydrogens is 194 g/mol. The van der Waals surface area contributed by atoms with Crippen molar-refractivity contribution in [1.29, 1.82) is 0 Å². The topological polar surface area (TPSA) is 26.0 Å². The van der Waals surface area contributed by atoms with Crippen molar-refractivity contribution in [2.45, 2.75) is 39.5 Å². The SMILES string of the molecule is CC(C)c1cc(Cl)cc(C(C)C)c1N. The summed E-state index contributed by atoms with van der Waals surface area (Å²) in [6.07, 6.45) is 0. The molecule has 0 fully saturated rings. The number of anilines is 1. The van der Waals surface area contributed by atoms with Gasteiger partial charge in [0, 0.05) is 10.7 Å². The molecular formula is C12H18ClN. The zero-order valence-electron chi connectivity index (χ0n) is 9.26. The van der Waals surface area contributed by atoms with E-state index < -0.39 is 0 Å². The highest BCUT2D eigenvalue weighted by Crippen LogP contribution is 2.32. The summed E-state index contributed by atoms with van der Waals surface area (Å²) in [7, 11) is 0. The Morgan fingerprint density at radius 1 is 1.00 bits per heavy atom. The Labute approximate surface area is 91.3 Å². The van der Waals surface area contributed by atoms with Crippen LogP contribution in [-0.2, 0) is 0 Å². The van der Waals surface area contributed by atoms with Gasteiger partial charge in [0.15, 0.2) is 0 Å². The van der Waals surface area contributed by atoms with E-state index in [0.29, 0.717) is 11.8 Å². The zero-order chi connectivity index (χ0) is 10.9. The number of nitrogens with two attached hydrogens (primary N) is 1. The third-order valence-corrected chi connectivity index (χ3v) is 2.67. The molecule has 0 amide bonds. The van der Waals surface area contributed by atoms with Crippen molar-refractivity contribution in [2.75, 3.05) is 5.73 Å². The summed E-state index contributed by atoms with van der Waals surface area (Å²) in [5.41, 5.74) is 9.31. The van der Waals surface area contributed by atoms with Gasteiger partial charge in [-0.25, -0.2) is 0 Å². The largest absolute Gasteiger partial charge is 0.398 e. The molecule has 0 radical (unpaired) electrons. The number of halogens is 1. The van der Waals surface area contributed by atoms with E-state index >= 15 is 0 Å². The summed E-state index contributed by atoms with van der Waals surface area (Å²) in [5, 5.41) is 0.784. The summed E-state index contributed by atoms with van der Waals surface area (Å²) in [5.74, 6) is 0.845. The lowest BCUT2D eigenvalue weighted by molar-refractivity contribution is 0.840. The van der Waals surface area contributed by atoms with Crippen LogP contribution in [0.3, 0.4) is 0 Å². The van der Waals surface area contributed by atoms with Gasteiger partial charge >= 0.3 is 0 Å². The molecule has 0 aromatic heterocycles. The average Bonchev–Trinajstić information content (AvgIpc) is 2.07. The Hall–Kier alpha value is -0.690. The second-order valence-corrected chi connectivity index (χ2v) is 4.74. The van der Waals surface area contributed by atoms with Gasteiger partial charge in [-0.05, 0) is 35.1 Å². The molecule has 0 spiro atoms.